The summed E-state index contributed by atoms with van der Waals surface area (Å²) in [6.07, 6.45) is 5.39. The maximum atomic E-state index is 12.5. The number of likely N-dealkylation sites (tertiary alicyclic amines) is 1. The maximum absolute atomic E-state index is 12.5. The molecule has 2 atom stereocenters. The molecule has 0 radical (unpaired) electrons. The van der Waals surface area contributed by atoms with Crippen molar-refractivity contribution in [2.75, 3.05) is 26.3 Å². The van der Waals surface area contributed by atoms with Crippen LogP contribution < -0.4 is 10.9 Å². The van der Waals surface area contributed by atoms with Crippen LogP contribution in [0.15, 0.2) is 22.6 Å². The van der Waals surface area contributed by atoms with Gasteiger partial charge in [0.1, 0.15) is 5.56 Å². The van der Waals surface area contributed by atoms with Gasteiger partial charge < -0.3 is 10.1 Å². The van der Waals surface area contributed by atoms with Crippen molar-refractivity contribution in [1.29, 1.82) is 0 Å². The summed E-state index contributed by atoms with van der Waals surface area (Å²) in [5.74, 6) is -0.372. The Hall–Kier alpha value is -1.77. The molecule has 2 aliphatic rings. The van der Waals surface area contributed by atoms with Crippen LogP contribution in [0.1, 0.15) is 23.2 Å². The van der Waals surface area contributed by atoms with Crippen molar-refractivity contribution in [2.24, 2.45) is 0 Å². The molecular formula is C15H18N4O3S. The van der Waals surface area contributed by atoms with E-state index in [0.29, 0.717) is 18.2 Å². The zero-order valence-electron chi connectivity index (χ0n) is 12.6. The second-order valence-electron chi connectivity index (χ2n) is 5.96. The van der Waals surface area contributed by atoms with Crippen molar-refractivity contribution in [3.05, 3.63) is 33.7 Å². The van der Waals surface area contributed by atoms with E-state index in [1.54, 1.807) is 11.6 Å². The Morgan fingerprint density at radius 3 is 3.00 bits per heavy atom. The van der Waals surface area contributed by atoms with Crippen molar-refractivity contribution in [1.82, 2.24) is 19.6 Å². The second kappa shape index (κ2) is 6.03. The number of carbonyl (C=O) groups is 1. The van der Waals surface area contributed by atoms with Crippen LogP contribution in [0.4, 0.5) is 0 Å². The zero-order valence-corrected chi connectivity index (χ0v) is 13.4. The van der Waals surface area contributed by atoms with Gasteiger partial charge in [-0.25, -0.2) is 4.98 Å². The van der Waals surface area contributed by atoms with Gasteiger partial charge >= 0.3 is 0 Å². The number of aromatic nitrogens is 2. The Morgan fingerprint density at radius 1 is 1.35 bits per heavy atom. The van der Waals surface area contributed by atoms with Crippen LogP contribution in [-0.2, 0) is 4.74 Å². The molecule has 0 bridgehead atoms. The van der Waals surface area contributed by atoms with E-state index in [9.17, 15) is 9.59 Å². The largest absolute Gasteiger partial charge is 0.378 e. The average Bonchev–Trinajstić information content (AvgIpc) is 3.28. The molecule has 2 aliphatic heterocycles. The molecule has 4 heterocycles. The second-order valence-corrected chi connectivity index (χ2v) is 6.83. The smallest absolute Gasteiger partial charge is 0.271 e. The highest BCUT2D eigenvalue weighted by molar-refractivity contribution is 7.15. The summed E-state index contributed by atoms with van der Waals surface area (Å²) in [6.45, 7) is 3.21. The Labute approximate surface area is 136 Å². The van der Waals surface area contributed by atoms with Gasteiger partial charge in [-0.15, -0.1) is 11.3 Å². The van der Waals surface area contributed by atoms with Crippen LogP contribution in [0.2, 0.25) is 0 Å². The average molecular weight is 334 g/mol. The summed E-state index contributed by atoms with van der Waals surface area (Å²) >= 11 is 1.37. The number of nitrogens with one attached hydrogen (secondary N) is 1. The third kappa shape index (κ3) is 2.66. The molecule has 7 nitrogen and oxygen atoms in total. The van der Waals surface area contributed by atoms with E-state index in [2.05, 4.69) is 15.2 Å². The van der Waals surface area contributed by atoms with Crippen LogP contribution in [-0.4, -0.2) is 58.6 Å². The summed E-state index contributed by atoms with van der Waals surface area (Å²) in [5.41, 5.74) is -0.252. The van der Waals surface area contributed by atoms with E-state index < -0.39 is 0 Å². The summed E-state index contributed by atoms with van der Waals surface area (Å²) in [4.78, 5) is 32.0. The van der Waals surface area contributed by atoms with Gasteiger partial charge in [0.2, 0.25) is 0 Å². The quantitative estimate of drug-likeness (QED) is 0.876. The topological polar surface area (TPSA) is 75.9 Å². The van der Waals surface area contributed by atoms with E-state index in [4.69, 9.17) is 4.74 Å². The summed E-state index contributed by atoms with van der Waals surface area (Å²) in [6, 6.07) is 0.116. The van der Waals surface area contributed by atoms with Crippen LogP contribution >= 0.6 is 11.3 Å². The predicted molar refractivity (Wildman–Crippen MR) is 86.0 cm³/mol. The number of carbonyl (C=O) groups excluding carboxylic acids is 1. The first-order chi connectivity index (χ1) is 11.2. The van der Waals surface area contributed by atoms with Gasteiger partial charge in [-0.1, -0.05) is 0 Å². The number of hydrogen-bond donors (Lipinski definition) is 1. The van der Waals surface area contributed by atoms with E-state index >= 15 is 0 Å². The van der Waals surface area contributed by atoms with E-state index in [1.165, 1.54) is 34.8 Å². The van der Waals surface area contributed by atoms with E-state index in [1.807, 2.05) is 0 Å². The van der Waals surface area contributed by atoms with Gasteiger partial charge in [-0.2, -0.15) is 0 Å². The Kier molecular flexibility index (Phi) is 3.88. The SMILES string of the molecule is O=C(N[C@H]1COC[C@@H]1N1CCCC1)c1cnc2sccn2c1=O. The zero-order chi connectivity index (χ0) is 15.8. The van der Waals surface area contributed by atoms with Crippen molar-refractivity contribution >= 4 is 22.2 Å². The molecule has 2 aromatic rings. The molecule has 0 aromatic carbocycles. The fraction of sp³-hybridized carbons (Fsp3) is 0.533. The van der Waals surface area contributed by atoms with Gasteiger partial charge in [0.15, 0.2) is 4.96 Å². The number of amides is 1. The number of thiazole rings is 1. The minimum Gasteiger partial charge on any atom is -0.378 e. The third-order valence-corrected chi connectivity index (χ3v) is 5.33. The van der Waals surface area contributed by atoms with Crippen molar-refractivity contribution in [3.63, 3.8) is 0 Å². The first-order valence-corrected chi connectivity index (χ1v) is 8.69. The number of nitrogens with zero attached hydrogens (tertiary/aromatic N) is 3. The number of hydrogen-bond acceptors (Lipinski definition) is 6. The monoisotopic (exact) mass is 334 g/mol. The molecule has 23 heavy (non-hydrogen) atoms. The summed E-state index contributed by atoms with van der Waals surface area (Å²) in [5, 5.41) is 4.74. The lowest BCUT2D eigenvalue weighted by Crippen LogP contribution is -2.51. The lowest BCUT2D eigenvalue weighted by atomic mass is 10.1. The predicted octanol–water partition coefficient (Wildman–Crippen LogP) is 0.349. The van der Waals surface area contributed by atoms with Gasteiger partial charge in [0, 0.05) is 17.8 Å². The molecule has 0 unspecified atom stereocenters. The number of fused-ring (bicyclic) bond motifs is 1. The molecule has 0 saturated carbocycles. The maximum Gasteiger partial charge on any atom is 0.271 e. The van der Waals surface area contributed by atoms with Crippen LogP contribution in [0, 0.1) is 0 Å². The van der Waals surface area contributed by atoms with Crippen LogP contribution in [0.3, 0.4) is 0 Å². The normalized spacial score (nSPS) is 25.2. The van der Waals surface area contributed by atoms with Gasteiger partial charge in [-0.05, 0) is 25.9 Å². The highest BCUT2D eigenvalue weighted by Crippen LogP contribution is 2.19. The molecular weight excluding hydrogens is 316 g/mol. The minimum atomic E-state index is -0.372. The van der Waals surface area contributed by atoms with Crippen LogP contribution in [0.5, 0.6) is 0 Å². The fourth-order valence-corrected chi connectivity index (χ4v) is 4.02. The summed E-state index contributed by atoms with van der Waals surface area (Å²) in [7, 11) is 0. The van der Waals surface area contributed by atoms with E-state index in [0.717, 1.165) is 13.1 Å². The first kappa shape index (κ1) is 14.8. The van der Waals surface area contributed by atoms with Crippen LogP contribution in [0.25, 0.3) is 4.96 Å². The van der Waals surface area contributed by atoms with Crippen molar-refractivity contribution < 1.29 is 9.53 Å². The Balaban J connectivity index is 1.54. The fourth-order valence-electron chi connectivity index (χ4n) is 3.34. The molecule has 4 rings (SSSR count). The van der Waals surface area contributed by atoms with Crippen molar-refractivity contribution in [3.8, 4) is 0 Å². The van der Waals surface area contributed by atoms with Gasteiger partial charge in [-0.3, -0.25) is 18.9 Å². The lowest BCUT2D eigenvalue weighted by Gasteiger charge is -2.27. The standard InChI is InChI=1S/C15H18N4O3S/c20-13(10-7-16-15-19(14(10)21)5-6-23-15)17-11-8-22-9-12(11)18-3-1-2-4-18/h5-7,11-12H,1-4,8-9H2,(H,17,20)/t11-,12-/m0/s1. The molecule has 1 amide bonds. The lowest BCUT2D eigenvalue weighted by molar-refractivity contribution is 0.0914. The third-order valence-electron chi connectivity index (χ3n) is 4.56. The molecule has 0 spiro atoms. The molecule has 1 N–H and O–H groups in total. The first-order valence-electron chi connectivity index (χ1n) is 7.81. The minimum absolute atomic E-state index is 0.0768. The summed E-state index contributed by atoms with van der Waals surface area (Å²) < 4.78 is 6.96. The highest BCUT2D eigenvalue weighted by atomic mass is 32.1. The molecule has 0 aliphatic carbocycles. The molecule has 8 heteroatoms. The molecule has 2 fully saturated rings. The Morgan fingerprint density at radius 2 is 2.17 bits per heavy atom. The number of ether oxygens (including phenoxy) is 1. The van der Waals surface area contributed by atoms with E-state index in [-0.39, 0.29) is 29.1 Å². The molecule has 2 aromatic heterocycles. The highest BCUT2D eigenvalue weighted by Gasteiger charge is 2.35. The number of rotatable bonds is 3. The molecule has 2 saturated heterocycles. The molecule has 122 valence electrons. The van der Waals surface area contributed by atoms with Gasteiger partial charge in [0.25, 0.3) is 11.5 Å². The Bertz CT molecular complexity index is 780. The van der Waals surface area contributed by atoms with Gasteiger partial charge in [0.05, 0.1) is 25.3 Å². The van der Waals surface area contributed by atoms with Crippen molar-refractivity contribution in [2.45, 2.75) is 24.9 Å².